The van der Waals surface area contributed by atoms with Gasteiger partial charge in [-0.1, -0.05) is 5.92 Å². The molecule has 0 saturated carbocycles. The van der Waals surface area contributed by atoms with Crippen LogP contribution in [0, 0.1) is 76.3 Å². The molecule has 1 atom stereocenters. The summed E-state index contributed by atoms with van der Waals surface area (Å²) < 4.78 is 163. The summed E-state index contributed by atoms with van der Waals surface area (Å²) in [5, 5.41) is -0.318. The molecule has 0 bridgehead atoms. The Kier molecular flexibility index (Phi) is 8.00. The Morgan fingerprint density at radius 3 is 1.75 bits per heavy atom. The van der Waals surface area contributed by atoms with Gasteiger partial charge in [-0.3, -0.25) is 0 Å². The zero-order valence-corrected chi connectivity index (χ0v) is 25.7. The van der Waals surface area contributed by atoms with E-state index in [1.165, 1.54) is 7.98 Å². The summed E-state index contributed by atoms with van der Waals surface area (Å²) >= 11 is 0. The summed E-state index contributed by atoms with van der Waals surface area (Å²) in [6.07, 6.45) is 5.68. The van der Waals surface area contributed by atoms with Crippen LogP contribution < -0.4 is 10.5 Å². The number of amidine groups is 3. The van der Waals surface area contributed by atoms with Crippen LogP contribution in [-0.2, 0) is 0 Å². The van der Waals surface area contributed by atoms with Gasteiger partial charge in [0.15, 0.2) is 53.2 Å². The third kappa shape index (κ3) is 5.12. The highest BCUT2D eigenvalue weighted by Crippen LogP contribution is 2.42. The number of hydrogen-bond donors (Lipinski definition) is 1. The highest BCUT2D eigenvalue weighted by Gasteiger charge is 2.38. The lowest BCUT2D eigenvalue weighted by molar-refractivity contribution is 0.161. The van der Waals surface area contributed by atoms with Gasteiger partial charge in [0.2, 0.25) is 37.1 Å². The quantitative estimate of drug-likeness (QED) is 0.0741. The van der Waals surface area contributed by atoms with Crippen LogP contribution in [0.3, 0.4) is 0 Å². The lowest BCUT2D eigenvalue weighted by atomic mass is 10.0. The standard InChI is InChI=1S/C33H14BF11N6O/c1-2-22-10-3-16(35)19(38)6-13(10)31(50(22)9-52-28-26(44)24(42)23(41)25(43)27(28)45)49-33-15-8-21(40)20(39)7-14(15)32(51(33)34)48-30-12-5-18(37)17(36)4-11(12)29(46)47-30/h1,3-8,22H,9,34H2,(H2,46,47,48)/b49-31-. The summed E-state index contributed by atoms with van der Waals surface area (Å²) in [6.45, 7) is -1.14. The minimum absolute atomic E-state index is 0.0181. The highest BCUT2D eigenvalue weighted by molar-refractivity contribution is 6.24. The Bertz CT molecular complexity index is 2530. The predicted molar refractivity (Wildman–Crippen MR) is 167 cm³/mol. The van der Waals surface area contributed by atoms with Crippen molar-refractivity contribution in [1.29, 1.82) is 0 Å². The maximum atomic E-state index is 14.7. The van der Waals surface area contributed by atoms with E-state index >= 15 is 0 Å². The Balaban J connectivity index is 1.44. The molecule has 2 aliphatic rings. The van der Waals surface area contributed by atoms with Gasteiger partial charge in [0.05, 0.1) is 0 Å². The number of nitrogens with two attached hydrogens (primary N) is 1. The van der Waals surface area contributed by atoms with Crippen LogP contribution in [-0.4, -0.2) is 41.6 Å². The Morgan fingerprint density at radius 1 is 0.692 bits per heavy atom. The van der Waals surface area contributed by atoms with Gasteiger partial charge in [0, 0.05) is 33.0 Å². The summed E-state index contributed by atoms with van der Waals surface area (Å²) in [5.41, 5.74) is 5.41. The van der Waals surface area contributed by atoms with E-state index in [1.807, 2.05) is 0 Å². The summed E-state index contributed by atoms with van der Waals surface area (Å²) in [7, 11) is 1.29. The van der Waals surface area contributed by atoms with Gasteiger partial charge in [-0.05, 0) is 36.4 Å². The van der Waals surface area contributed by atoms with Crippen molar-refractivity contribution in [2.45, 2.75) is 6.04 Å². The number of fused-ring (bicyclic) bond motifs is 3. The van der Waals surface area contributed by atoms with E-state index in [0.717, 1.165) is 27.6 Å². The lowest BCUT2D eigenvalue weighted by Gasteiger charge is -2.24. The van der Waals surface area contributed by atoms with E-state index in [4.69, 9.17) is 16.9 Å². The largest absolute Gasteiger partial charge is 0.467 e. The minimum atomic E-state index is -2.46. The molecule has 0 spiro atoms. The van der Waals surface area contributed by atoms with Gasteiger partial charge in [-0.15, -0.1) is 6.42 Å². The highest BCUT2D eigenvalue weighted by atomic mass is 19.2. The molecule has 2 aliphatic heterocycles. The minimum Gasteiger partial charge on any atom is -0.467 e. The van der Waals surface area contributed by atoms with Crippen molar-refractivity contribution in [3.8, 4) is 18.1 Å². The molecule has 0 fully saturated rings. The monoisotopic (exact) mass is 730 g/mol. The molecule has 3 heterocycles. The van der Waals surface area contributed by atoms with Gasteiger partial charge < -0.3 is 19.8 Å². The second-order valence-corrected chi connectivity index (χ2v) is 11.3. The van der Waals surface area contributed by atoms with Crippen molar-refractivity contribution >= 4 is 47.9 Å². The molecule has 52 heavy (non-hydrogen) atoms. The molecule has 0 amide bonds. The van der Waals surface area contributed by atoms with Gasteiger partial charge >= 0.3 is 0 Å². The molecule has 2 N–H and O–H groups in total. The molecule has 7 rings (SSSR count). The fraction of sp³-hybridized carbons (Fsp3) is 0.0606. The third-order valence-electron chi connectivity index (χ3n) is 8.29. The number of aromatic nitrogens is 1. The molecular weight excluding hydrogens is 716 g/mol. The molecule has 0 aliphatic carbocycles. The van der Waals surface area contributed by atoms with Crippen molar-refractivity contribution in [1.82, 2.24) is 9.38 Å². The molecule has 4 aromatic carbocycles. The first-order chi connectivity index (χ1) is 24.6. The number of aliphatic imine (C=N–C) groups is 3. The third-order valence-corrected chi connectivity index (χ3v) is 8.29. The zero-order chi connectivity index (χ0) is 37.5. The Labute approximate surface area is 284 Å². The van der Waals surface area contributed by atoms with Crippen LogP contribution in [0.5, 0.6) is 5.75 Å². The summed E-state index contributed by atoms with van der Waals surface area (Å²) in [6, 6.07) is 2.86. The smallest absolute Gasteiger partial charge is 0.227 e. The van der Waals surface area contributed by atoms with Crippen LogP contribution in [0.15, 0.2) is 51.4 Å². The van der Waals surface area contributed by atoms with Gasteiger partial charge in [-0.2, -0.15) is 8.78 Å². The molecule has 1 unspecified atom stereocenters. The van der Waals surface area contributed by atoms with Crippen LogP contribution in [0.2, 0.25) is 0 Å². The van der Waals surface area contributed by atoms with Crippen LogP contribution in [0.4, 0.5) is 59.9 Å². The molecule has 7 nitrogen and oxygen atoms in total. The van der Waals surface area contributed by atoms with E-state index in [9.17, 15) is 48.3 Å². The number of halogens is 11. The lowest BCUT2D eigenvalue weighted by Crippen LogP contribution is -2.32. The number of rotatable bonds is 5. The number of hydrogen-bond acceptors (Lipinski definition) is 4. The van der Waals surface area contributed by atoms with E-state index < -0.39 is 88.3 Å². The Hall–Kier alpha value is -6.32. The van der Waals surface area contributed by atoms with Crippen molar-refractivity contribution in [3.63, 3.8) is 0 Å². The van der Waals surface area contributed by atoms with Gasteiger partial charge in [0.1, 0.15) is 29.3 Å². The first-order valence-electron chi connectivity index (χ1n) is 14.5. The average molecular weight is 730 g/mol. The van der Waals surface area contributed by atoms with Crippen LogP contribution >= 0.6 is 0 Å². The van der Waals surface area contributed by atoms with Crippen molar-refractivity contribution in [3.05, 3.63) is 123 Å². The molecule has 262 valence electrons. The van der Waals surface area contributed by atoms with E-state index in [-0.39, 0.29) is 56.3 Å². The van der Waals surface area contributed by atoms with Crippen LogP contribution in [0.25, 0.3) is 10.8 Å². The molecule has 0 radical (unpaired) electrons. The normalized spacial score (nSPS) is 16.5. The first kappa shape index (κ1) is 34.1. The second-order valence-electron chi connectivity index (χ2n) is 11.3. The van der Waals surface area contributed by atoms with Crippen LogP contribution in [0.1, 0.15) is 28.3 Å². The van der Waals surface area contributed by atoms with Crippen molar-refractivity contribution < 1.29 is 53.0 Å². The maximum Gasteiger partial charge on any atom is 0.227 e. The van der Waals surface area contributed by atoms with Crippen molar-refractivity contribution in [2.24, 2.45) is 20.7 Å². The van der Waals surface area contributed by atoms with E-state index in [2.05, 4.69) is 20.9 Å². The molecular formula is C33H14BF11N6O. The van der Waals surface area contributed by atoms with Gasteiger partial charge in [0.25, 0.3) is 0 Å². The maximum absolute atomic E-state index is 14.7. The topological polar surface area (TPSA) is 80.5 Å². The molecule has 0 saturated heterocycles. The zero-order valence-electron chi connectivity index (χ0n) is 25.7. The number of nitrogens with zero attached hydrogens (tertiary/aromatic N) is 5. The number of terminal acetylenes is 1. The summed E-state index contributed by atoms with van der Waals surface area (Å²) in [5.74, 6) is -20.8. The fourth-order valence-electron chi connectivity index (χ4n) is 5.83. The number of benzene rings is 4. The second kappa shape index (κ2) is 12.2. The number of ether oxygens (including phenoxy) is 1. The van der Waals surface area contributed by atoms with E-state index in [0.29, 0.717) is 18.2 Å². The molecule has 1 aromatic heterocycles. The Morgan fingerprint density at radius 2 is 1.17 bits per heavy atom. The van der Waals surface area contributed by atoms with Gasteiger partial charge in [-0.25, -0.2) is 54.5 Å². The average Bonchev–Trinajstić information content (AvgIpc) is 3.65. The molecule has 19 heteroatoms. The van der Waals surface area contributed by atoms with Crippen molar-refractivity contribution in [2.75, 3.05) is 6.73 Å². The first-order valence-corrected chi connectivity index (χ1v) is 14.5. The fourth-order valence-corrected chi connectivity index (χ4v) is 5.83. The van der Waals surface area contributed by atoms with E-state index in [1.54, 1.807) is 0 Å². The predicted octanol–water partition coefficient (Wildman–Crippen LogP) is 6.47. The summed E-state index contributed by atoms with van der Waals surface area (Å²) in [4.78, 5) is 13.7. The molecule has 5 aromatic rings. The SMILES string of the molecule is Bn1c(/N=C2\N=C(N)c3cc(F)c(F)cc32)c2cc(F)c(F)cc2c1/N=C1/c2cc(F)c(F)cc2C(C#C)N1COc1c(F)c(F)c(F)c(F)c1F.